The van der Waals surface area contributed by atoms with E-state index in [1.807, 2.05) is 0 Å². The van der Waals surface area contributed by atoms with Crippen LogP contribution < -0.4 is 5.32 Å². The fourth-order valence-corrected chi connectivity index (χ4v) is 3.70. The SMILES string of the molecule is CCO[C@@H](CC(=O)O)c1ccc(N[C@@H]2CCc3c2cccc3C(F)(F)F)cc1. The summed E-state index contributed by atoms with van der Waals surface area (Å²) in [4.78, 5) is 11.0. The quantitative estimate of drug-likeness (QED) is 0.665. The molecular formula is C21H22F3NO3. The molecule has 0 saturated carbocycles. The van der Waals surface area contributed by atoms with Crippen LogP contribution in [-0.4, -0.2) is 17.7 Å². The first-order valence-corrected chi connectivity index (χ1v) is 9.18. The van der Waals surface area contributed by atoms with E-state index in [1.54, 1.807) is 37.3 Å². The van der Waals surface area contributed by atoms with E-state index in [-0.39, 0.29) is 12.5 Å². The minimum atomic E-state index is -4.35. The number of hydrogen-bond acceptors (Lipinski definition) is 3. The molecule has 0 unspecified atom stereocenters. The van der Waals surface area contributed by atoms with Crippen molar-refractivity contribution in [1.29, 1.82) is 0 Å². The summed E-state index contributed by atoms with van der Waals surface area (Å²) in [5.74, 6) is -0.941. The van der Waals surface area contributed by atoms with Gasteiger partial charge in [-0.1, -0.05) is 24.3 Å². The monoisotopic (exact) mass is 393 g/mol. The Labute approximate surface area is 161 Å². The summed E-state index contributed by atoms with van der Waals surface area (Å²) in [6, 6.07) is 11.3. The van der Waals surface area contributed by atoms with Crippen molar-refractivity contribution in [3.63, 3.8) is 0 Å². The standard InChI is InChI=1S/C21H22F3NO3/c1-2-28-19(12-20(26)27)13-6-8-14(9-7-13)25-18-11-10-15-16(18)4-3-5-17(15)21(22,23)24/h3-9,18-19,25H,2,10-12H2,1H3,(H,26,27)/t18-,19+/m1/s1. The normalized spacial score (nSPS) is 17.2. The number of carboxylic acid groups (broad SMARTS) is 1. The third-order valence-electron chi connectivity index (χ3n) is 4.93. The van der Waals surface area contributed by atoms with Crippen LogP contribution >= 0.6 is 0 Å². The van der Waals surface area contributed by atoms with Gasteiger partial charge in [0.25, 0.3) is 0 Å². The number of ether oxygens (including phenoxy) is 1. The van der Waals surface area contributed by atoms with Crippen LogP contribution in [0.1, 0.15) is 54.2 Å². The van der Waals surface area contributed by atoms with Gasteiger partial charge in [0.15, 0.2) is 0 Å². The van der Waals surface area contributed by atoms with E-state index in [2.05, 4.69) is 5.32 Å². The Hall–Kier alpha value is -2.54. The number of halogens is 3. The lowest BCUT2D eigenvalue weighted by Gasteiger charge is -2.19. The van der Waals surface area contributed by atoms with Gasteiger partial charge in [-0.15, -0.1) is 0 Å². The van der Waals surface area contributed by atoms with Crippen molar-refractivity contribution in [3.05, 3.63) is 64.7 Å². The van der Waals surface area contributed by atoms with Crippen molar-refractivity contribution in [2.24, 2.45) is 0 Å². The van der Waals surface area contributed by atoms with Crippen LogP contribution in [0.3, 0.4) is 0 Å². The first-order valence-electron chi connectivity index (χ1n) is 9.18. The molecule has 2 N–H and O–H groups in total. The molecule has 0 radical (unpaired) electrons. The Kier molecular flexibility index (Phi) is 5.93. The van der Waals surface area contributed by atoms with Gasteiger partial charge in [0.2, 0.25) is 0 Å². The second-order valence-electron chi connectivity index (χ2n) is 6.77. The molecule has 0 spiro atoms. The second kappa shape index (κ2) is 8.22. The predicted molar refractivity (Wildman–Crippen MR) is 99.2 cm³/mol. The summed E-state index contributed by atoms with van der Waals surface area (Å²) in [6.45, 7) is 2.20. The molecule has 0 amide bonds. The third kappa shape index (κ3) is 4.47. The van der Waals surface area contributed by atoms with E-state index in [0.717, 1.165) is 17.3 Å². The van der Waals surface area contributed by atoms with Crippen LogP contribution in [0.2, 0.25) is 0 Å². The molecule has 1 aliphatic carbocycles. The van der Waals surface area contributed by atoms with E-state index < -0.39 is 23.8 Å². The summed E-state index contributed by atoms with van der Waals surface area (Å²) in [6.07, 6.45) is -4.04. The highest BCUT2D eigenvalue weighted by molar-refractivity contribution is 5.67. The van der Waals surface area contributed by atoms with Gasteiger partial charge >= 0.3 is 12.1 Å². The average Bonchev–Trinajstić information content (AvgIpc) is 3.04. The average molecular weight is 393 g/mol. The summed E-state index contributed by atoms with van der Waals surface area (Å²) < 4.78 is 45.1. The molecule has 2 atom stereocenters. The van der Waals surface area contributed by atoms with Crippen molar-refractivity contribution in [1.82, 2.24) is 0 Å². The maximum atomic E-state index is 13.2. The van der Waals surface area contributed by atoms with E-state index in [1.165, 1.54) is 6.07 Å². The van der Waals surface area contributed by atoms with Crippen molar-refractivity contribution in [2.75, 3.05) is 11.9 Å². The zero-order valence-electron chi connectivity index (χ0n) is 15.4. The number of benzene rings is 2. The molecule has 1 aliphatic rings. The molecule has 4 nitrogen and oxygen atoms in total. The fraction of sp³-hybridized carbons (Fsp3) is 0.381. The van der Waals surface area contributed by atoms with Crippen LogP contribution in [0.5, 0.6) is 0 Å². The molecule has 2 aromatic carbocycles. The number of hydrogen-bond donors (Lipinski definition) is 2. The zero-order valence-corrected chi connectivity index (χ0v) is 15.4. The van der Waals surface area contributed by atoms with Gasteiger partial charge in [-0.05, 0) is 54.7 Å². The lowest BCUT2D eigenvalue weighted by atomic mass is 10.0. The molecule has 7 heteroatoms. The number of aliphatic carboxylic acids is 1. The minimum absolute atomic E-state index is 0.128. The number of rotatable bonds is 7. The summed E-state index contributed by atoms with van der Waals surface area (Å²) >= 11 is 0. The molecule has 28 heavy (non-hydrogen) atoms. The molecule has 0 heterocycles. The first-order chi connectivity index (χ1) is 13.3. The molecule has 0 aliphatic heterocycles. The summed E-state index contributed by atoms with van der Waals surface area (Å²) in [5.41, 5.74) is 2.00. The van der Waals surface area contributed by atoms with Crippen LogP contribution in [-0.2, 0) is 22.1 Å². The Balaban J connectivity index is 1.75. The van der Waals surface area contributed by atoms with Crippen LogP contribution in [0.15, 0.2) is 42.5 Å². The highest BCUT2D eigenvalue weighted by Gasteiger charge is 2.37. The van der Waals surface area contributed by atoms with E-state index in [0.29, 0.717) is 30.6 Å². The van der Waals surface area contributed by atoms with Gasteiger partial charge in [-0.3, -0.25) is 4.79 Å². The topological polar surface area (TPSA) is 58.6 Å². The maximum Gasteiger partial charge on any atom is 0.416 e. The van der Waals surface area contributed by atoms with Crippen LogP contribution in [0.4, 0.5) is 18.9 Å². The van der Waals surface area contributed by atoms with Crippen LogP contribution in [0.25, 0.3) is 0 Å². The number of fused-ring (bicyclic) bond motifs is 1. The summed E-state index contributed by atoms with van der Waals surface area (Å²) in [5, 5.41) is 12.3. The largest absolute Gasteiger partial charge is 0.481 e. The Bertz CT molecular complexity index is 834. The van der Waals surface area contributed by atoms with E-state index in [4.69, 9.17) is 9.84 Å². The van der Waals surface area contributed by atoms with Gasteiger partial charge in [0.05, 0.1) is 24.1 Å². The second-order valence-corrected chi connectivity index (χ2v) is 6.77. The maximum absolute atomic E-state index is 13.2. The fourth-order valence-electron chi connectivity index (χ4n) is 3.70. The molecule has 3 rings (SSSR count). The lowest BCUT2D eigenvalue weighted by molar-refractivity contribution is -0.140. The Morgan fingerprint density at radius 1 is 1.25 bits per heavy atom. The molecule has 0 bridgehead atoms. The van der Waals surface area contributed by atoms with Gasteiger partial charge in [-0.2, -0.15) is 13.2 Å². The van der Waals surface area contributed by atoms with Crippen molar-refractivity contribution in [2.45, 2.75) is 44.5 Å². The van der Waals surface area contributed by atoms with Gasteiger partial charge < -0.3 is 15.2 Å². The van der Waals surface area contributed by atoms with Crippen molar-refractivity contribution < 1.29 is 27.8 Å². The van der Waals surface area contributed by atoms with E-state index >= 15 is 0 Å². The lowest BCUT2D eigenvalue weighted by Crippen LogP contribution is -2.11. The highest BCUT2D eigenvalue weighted by atomic mass is 19.4. The molecule has 0 aromatic heterocycles. The number of nitrogens with one attached hydrogen (secondary N) is 1. The molecular weight excluding hydrogens is 371 g/mol. The predicted octanol–water partition coefficient (Wildman–Crippen LogP) is 5.36. The van der Waals surface area contributed by atoms with Gasteiger partial charge in [0, 0.05) is 12.3 Å². The smallest absolute Gasteiger partial charge is 0.416 e. The summed E-state index contributed by atoms with van der Waals surface area (Å²) in [7, 11) is 0. The van der Waals surface area contributed by atoms with E-state index in [9.17, 15) is 18.0 Å². The van der Waals surface area contributed by atoms with Gasteiger partial charge in [-0.25, -0.2) is 0 Å². The highest BCUT2D eigenvalue weighted by Crippen LogP contribution is 2.41. The molecule has 150 valence electrons. The molecule has 2 aromatic rings. The van der Waals surface area contributed by atoms with Crippen LogP contribution in [0, 0.1) is 0 Å². The Morgan fingerprint density at radius 2 is 1.96 bits per heavy atom. The first kappa shape index (κ1) is 20.2. The zero-order chi connectivity index (χ0) is 20.3. The number of carboxylic acids is 1. The number of carbonyl (C=O) groups is 1. The minimum Gasteiger partial charge on any atom is -0.481 e. The Morgan fingerprint density at radius 3 is 2.57 bits per heavy atom. The van der Waals surface area contributed by atoms with Crippen molar-refractivity contribution >= 4 is 11.7 Å². The van der Waals surface area contributed by atoms with Crippen molar-refractivity contribution in [3.8, 4) is 0 Å². The number of anilines is 1. The molecule has 0 fully saturated rings. The third-order valence-corrected chi connectivity index (χ3v) is 4.93. The number of alkyl halides is 3. The molecule has 0 saturated heterocycles. The van der Waals surface area contributed by atoms with Gasteiger partial charge in [0.1, 0.15) is 0 Å².